The van der Waals surface area contributed by atoms with Gasteiger partial charge in [-0.3, -0.25) is 4.79 Å². The molecule has 3 unspecified atom stereocenters. The first kappa shape index (κ1) is 24.4. The Morgan fingerprint density at radius 2 is 1.74 bits per heavy atom. The number of rotatable bonds is 10. The summed E-state index contributed by atoms with van der Waals surface area (Å²) >= 11 is 0. The highest BCUT2D eigenvalue weighted by Crippen LogP contribution is 2.30. The first-order valence-electron chi connectivity index (χ1n) is 10.2. The van der Waals surface area contributed by atoms with Crippen LogP contribution in [0, 0.1) is 18.3 Å². The van der Waals surface area contributed by atoms with E-state index in [4.69, 9.17) is 30.1 Å². The number of hydrogen-bond acceptors (Lipinski definition) is 8. The molecular weight excluding hydrogens is 404 g/mol. The summed E-state index contributed by atoms with van der Waals surface area (Å²) in [5.41, 5.74) is -1.35. The molecule has 0 aromatic heterocycles. The maximum atomic E-state index is 13.0. The molecule has 0 amide bonds. The van der Waals surface area contributed by atoms with Crippen molar-refractivity contribution in [2.45, 2.75) is 51.6 Å². The van der Waals surface area contributed by atoms with E-state index in [2.05, 4.69) is 5.92 Å². The largest absolute Gasteiger partial charge is 0.463 e. The quantitative estimate of drug-likeness (QED) is 0.240. The summed E-state index contributed by atoms with van der Waals surface area (Å²) in [6.45, 7) is 4.45. The van der Waals surface area contributed by atoms with Crippen LogP contribution in [-0.4, -0.2) is 55.7 Å². The standard InChI is InChI=1S/C23H28O8/c1-5-18-13-20(30-16(4)24)31-19(18)15-29-23(21(25)27-6-2,22(26)28-7-3)14-17-11-9-8-10-12-17/h1,8-12,18-20H,6-7,13-15H2,2-4H3. The molecule has 0 saturated carbocycles. The lowest BCUT2D eigenvalue weighted by Gasteiger charge is -2.30. The minimum atomic E-state index is -2.03. The molecule has 1 saturated heterocycles. The minimum Gasteiger partial charge on any atom is -0.463 e. The van der Waals surface area contributed by atoms with Crippen molar-refractivity contribution >= 4 is 17.9 Å². The van der Waals surface area contributed by atoms with E-state index in [1.807, 2.05) is 6.07 Å². The van der Waals surface area contributed by atoms with Gasteiger partial charge in [0.2, 0.25) is 6.29 Å². The van der Waals surface area contributed by atoms with Crippen LogP contribution in [0.4, 0.5) is 0 Å². The van der Waals surface area contributed by atoms with Crippen LogP contribution in [0.2, 0.25) is 0 Å². The van der Waals surface area contributed by atoms with Crippen LogP contribution in [0.25, 0.3) is 0 Å². The zero-order chi connectivity index (χ0) is 22.9. The lowest BCUT2D eigenvalue weighted by molar-refractivity contribution is -0.200. The van der Waals surface area contributed by atoms with Gasteiger partial charge in [0.1, 0.15) is 0 Å². The number of carbonyl (C=O) groups is 3. The summed E-state index contributed by atoms with van der Waals surface area (Å²) in [6, 6.07) is 8.93. The molecule has 0 bridgehead atoms. The number of terminal acetylenes is 1. The SMILES string of the molecule is C#CC1CC(OC(C)=O)OC1COC(Cc1ccccc1)(C(=O)OCC)C(=O)OCC. The van der Waals surface area contributed by atoms with Crippen LogP contribution in [0.1, 0.15) is 32.8 Å². The van der Waals surface area contributed by atoms with Crippen LogP contribution in [0.15, 0.2) is 30.3 Å². The van der Waals surface area contributed by atoms with Crippen molar-refractivity contribution < 1.29 is 38.1 Å². The maximum Gasteiger partial charge on any atom is 0.350 e. The highest BCUT2D eigenvalue weighted by molar-refractivity contribution is 6.04. The zero-order valence-corrected chi connectivity index (χ0v) is 18.0. The third kappa shape index (κ3) is 6.29. The molecule has 3 atom stereocenters. The number of ether oxygens (including phenoxy) is 5. The van der Waals surface area contributed by atoms with E-state index >= 15 is 0 Å². The molecule has 0 N–H and O–H groups in total. The molecule has 168 valence electrons. The maximum absolute atomic E-state index is 13.0. The molecule has 1 aliphatic rings. The van der Waals surface area contributed by atoms with Crippen molar-refractivity contribution in [3.8, 4) is 12.3 Å². The van der Waals surface area contributed by atoms with Crippen LogP contribution >= 0.6 is 0 Å². The van der Waals surface area contributed by atoms with Gasteiger partial charge in [-0.05, 0) is 19.4 Å². The van der Waals surface area contributed by atoms with Gasteiger partial charge in [0.25, 0.3) is 5.60 Å². The second kappa shape index (κ2) is 11.5. The second-order valence-corrected chi connectivity index (χ2v) is 6.96. The van der Waals surface area contributed by atoms with E-state index in [9.17, 15) is 14.4 Å². The summed E-state index contributed by atoms with van der Waals surface area (Å²) in [5.74, 6) is -0.0601. The Labute approximate surface area is 182 Å². The molecule has 1 aliphatic heterocycles. The summed E-state index contributed by atoms with van der Waals surface area (Å²) in [5, 5.41) is 0. The molecular formula is C23H28O8. The van der Waals surface area contributed by atoms with Crippen LogP contribution in [0.3, 0.4) is 0 Å². The smallest absolute Gasteiger partial charge is 0.350 e. The molecule has 2 rings (SSSR count). The zero-order valence-electron chi connectivity index (χ0n) is 18.0. The van der Waals surface area contributed by atoms with E-state index in [1.165, 1.54) is 6.92 Å². The molecule has 1 aromatic carbocycles. The van der Waals surface area contributed by atoms with Crippen molar-refractivity contribution in [1.82, 2.24) is 0 Å². The van der Waals surface area contributed by atoms with Crippen LogP contribution < -0.4 is 0 Å². The van der Waals surface area contributed by atoms with Crippen LogP contribution in [0.5, 0.6) is 0 Å². The molecule has 1 heterocycles. The molecule has 1 aromatic rings. The monoisotopic (exact) mass is 432 g/mol. The average molecular weight is 432 g/mol. The van der Waals surface area contributed by atoms with E-state index < -0.39 is 41.8 Å². The predicted octanol–water partition coefficient (Wildman–Crippen LogP) is 2.04. The Hall–Kier alpha value is -2.89. The number of carbonyl (C=O) groups excluding carboxylic acids is 3. The van der Waals surface area contributed by atoms with Gasteiger partial charge in [-0.25, -0.2) is 9.59 Å². The fourth-order valence-corrected chi connectivity index (χ4v) is 3.30. The molecule has 8 nitrogen and oxygen atoms in total. The van der Waals surface area contributed by atoms with Gasteiger partial charge in [0, 0.05) is 19.8 Å². The topological polar surface area (TPSA) is 97.4 Å². The van der Waals surface area contributed by atoms with Crippen molar-refractivity contribution in [2.75, 3.05) is 19.8 Å². The van der Waals surface area contributed by atoms with E-state index in [-0.39, 0.29) is 32.7 Å². The number of hydrogen-bond donors (Lipinski definition) is 0. The highest BCUT2D eigenvalue weighted by Gasteiger charge is 2.52. The van der Waals surface area contributed by atoms with Gasteiger partial charge < -0.3 is 23.7 Å². The summed E-state index contributed by atoms with van der Waals surface area (Å²) in [7, 11) is 0. The van der Waals surface area contributed by atoms with Crippen molar-refractivity contribution in [3.63, 3.8) is 0 Å². The second-order valence-electron chi connectivity index (χ2n) is 6.96. The number of esters is 3. The minimum absolute atomic E-state index is 0.0551. The fraction of sp³-hybridized carbons (Fsp3) is 0.522. The van der Waals surface area contributed by atoms with E-state index in [0.717, 1.165) is 0 Å². The molecule has 0 radical (unpaired) electrons. The van der Waals surface area contributed by atoms with Gasteiger partial charge in [-0.1, -0.05) is 30.3 Å². The van der Waals surface area contributed by atoms with E-state index in [0.29, 0.717) is 5.56 Å². The van der Waals surface area contributed by atoms with Crippen molar-refractivity contribution in [1.29, 1.82) is 0 Å². The summed E-state index contributed by atoms with van der Waals surface area (Å²) in [6.07, 6.45) is 4.28. The van der Waals surface area contributed by atoms with Gasteiger partial charge in [-0.2, -0.15) is 0 Å². The first-order chi connectivity index (χ1) is 14.9. The van der Waals surface area contributed by atoms with Gasteiger partial charge in [0.05, 0.1) is 31.8 Å². The fourth-order valence-electron chi connectivity index (χ4n) is 3.30. The summed E-state index contributed by atoms with van der Waals surface area (Å²) < 4.78 is 27.0. The Kier molecular flexibility index (Phi) is 9.03. The van der Waals surface area contributed by atoms with E-state index in [1.54, 1.807) is 38.1 Å². The Balaban J connectivity index is 2.30. The van der Waals surface area contributed by atoms with Gasteiger partial charge >= 0.3 is 17.9 Å². The lowest BCUT2D eigenvalue weighted by atomic mass is 9.93. The third-order valence-corrected chi connectivity index (χ3v) is 4.73. The van der Waals surface area contributed by atoms with Crippen molar-refractivity contribution in [3.05, 3.63) is 35.9 Å². The van der Waals surface area contributed by atoms with Gasteiger partial charge in [0.15, 0.2) is 0 Å². The molecule has 8 heteroatoms. The number of benzene rings is 1. The Morgan fingerprint density at radius 1 is 1.13 bits per heavy atom. The highest BCUT2D eigenvalue weighted by atomic mass is 16.7. The predicted molar refractivity (Wildman–Crippen MR) is 109 cm³/mol. The molecule has 0 spiro atoms. The molecule has 1 fully saturated rings. The third-order valence-electron chi connectivity index (χ3n) is 4.73. The average Bonchev–Trinajstić information content (AvgIpc) is 3.13. The Bertz CT molecular complexity index is 780. The molecule has 31 heavy (non-hydrogen) atoms. The van der Waals surface area contributed by atoms with Gasteiger partial charge in [-0.15, -0.1) is 12.3 Å². The Morgan fingerprint density at radius 3 is 2.26 bits per heavy atom. The molecule has 0 aliphatic carbocycles. The lowest BCUT2D eigenvalue weighted by Crippen LogP contribution is -2.54. The summed E-state index contributed by atoms with van der Waals surface area (Å²) in [4.78, 5) is 37.1. The first-order valence-corrected chi connectivity index (χ1v) is 10.2. The normalized spacial score (nSPS) is 20.5. The van der Waals surface area contributed by atoms with Crippen molar-refractivity contribution in [2.24, 2.45) is 5.92 Å². The van der Waals surface area contributed by atoms with Crippen LogP contribution in [-0.2, 0) is 44.5 Å².